The Balaban J connectivity index is 2.17. The Morgan fingerprint density at radius 2 is 2.25 bits per heavy atom. The molecule has 7 heteroatoms. The first-order chi connectivity index (χ1) is 7.56. The first kappa shape index (κ1) is 11.1. The first-order valence-electron chi connectivity index (χ1n) is 4.82. The number of aliphatic hydroxyl groups is 1. The summed E-state index contributed by atoms with van der Waals surface area (Å²) in [6.45, 7) is 0. The molecule has 0 aliphatic heterocycles. The minimum atomic E-state index is -0.513. The molecule has 0 radical (unpaired) electrons. The molecule has 16 heavy (non-hydrogen) atoms. The van der Waals surface area contributed by atoms with Crippen LogP contribution in [0.25, 0.3) is 0 Å². The third kappa shape index (κ3) is 2.23. The van der Waals surface area contributed by atoms with Gasteiger partial charge >= 0.3 is 5.69 Å². The second-order valence-corrected chi connectivity index (χ2v) is 4.11. The molecule has 1 aliphatic carbocycles. The van der Waals surface area contributed by atoms with Crippen LogP contribution in [0.15, 0.2) is 12.1 Å². The van der Waals surface area contributed by atoms with Gasteiger partial charge in [0, 0.05) is 12.1 Å². The highest BCUT2D eigenvalue weighted by atomic mass is 35.5. The SMILES string of the molecule is O=[N+]([O-])c1ccc(Cl)nc1NC1CC(O)C1. The zero-order valence-electron chi connectivity index (χ0n) is 8.26. The average Bonchev–Trinajstić information content (AvgIpc) is 2.15. The third-order valence-electron chi connectivity index (χ3n) is 2.49. The lowest BCUT2D eigenvalue weighted by Crippen LogP contribution is -2.39. The van der Waals surface area contributed by atoms with E-state index in [-0.39, 0.29) is 28.8 Å². The third-order valence-corrected chi connectivity index (χ3v) is 2.70. The van der Waals surface area contributed by atoms with E-state index in [1.54, 1.807) is 0 Å². The maximum absolute atomic E-state index is 10.7. The molecular formula is C9H10ClN3O3. The van der Waals surface area contributed by atoms with E-state index < -0.39 is 4.92 Å². The quantitative estimate of drug-likeness (QED) is 0.478. The van der Waals surface area contributed by atoms with Gasteiger partial charge in [-0.3, -0.25) is 10.1 Å². The smallest absolute Gasteiger partial charge is 0.311 e. The van der Waals surface area contributed by atoms with Crippen molar-refractivity contribution in [1.29, 1.82) is 0 Å². The molecule has 2 N–H and O–H groups in total. The van der Waals surface area contributed by atoms with E-state index in [1.807, 2.05) is 0 Å². The van der Waals surface area contributed by atoms with Crippen LogP contribution in [0.5, 0.6) is 0 Å². The van der Waals surface area contributed by atoms with Crippen molar-refractivity contribution in [2.75, 3.05) is 5.32 Å². The molecular weight excluding hydrogens is 234 g/mol. The fourth-order valence-electron chi connectivity index (χ4n) is 1.58. The van der Waals surface area contributed by atoms with Gasteiger partial charge in [-0.15, -0.1) is 0 Å². The minimum Gasteiger partial charge on any atom is -0.393 e. The second kappa shape index (κ2) is 4.23. The van der Waals surface area contributed by atoms with E-state index in [1.165, 1.54) is 12.1 Å². The fourth-order valence-corrected chi connectivity index (χ4v) is 1.73. The van der Waals surface area contributed by atoms with Gasteiger partial charge in [-0.2, -0.15) is 0 Å². The minimum absolute atomic E-state index is 0.0275. The van der Waals surface area contributed by atoms with Gasteiger partial charge in [0.15, 0.2) is 0 Å². The van der Waals surface area contributed by atoms with Gasteiger partial charge < -0.3 is 10.4 Å². The number of hydrogen-bond acceptors (Lipinski definition) is 5. The summed E-state index contributed by atoms with van der Waals surface area (Å²) in [5.74, 6) is 0.161. The maximum Gasteiger partial charge on any atom is 0.311 e. The summed E-state index contributed by atoms with van der Waals surface area (Å²) in [7, 11) is 0. The molecule has 0 amide bonds. The zero-order chi connectivity index (χ0) is 11.7. The predicted molar refractivity (Wildman–Crippen MR) is 58.6 cm³/mol. The van der Waals surface area contributed by atoms with Crippen LogP contribution in [0.2, 0.25) is 5.15 Å². The van der Waals surface area contributed by atoms with E-state index in [9.17, 15) is 10.1 Å². The van der Waals surface area contributed by atoms with Crippen LogP contribution >= 0.6 is 11.6 Å². The van der Waals surface area contributed by atoms with E-state index >= 15 is 0 Å². The Morgan fingerprint density at radius 1 is 1.56 bits per heavy atom. The molecule has 86 valence electrons. The molecule has 0 spiro atoms. The number of aliphatic hydroxyl groups excluding tert-OH is 1. The molecule has 1 saturated carbocycles. The molecule has 0 unspecified atom stereocenters. The number of aromatic nitrogens is 1. The lowest BCUT2D eigenvalue weighted by molar-refractivity contribution is -0.384. The van der Waals surface area contributed by atoms with Crippen LogP contribution in [0.4, 0.5) is 11.5 Å². The van der Waals surface area contributed by atoms with Crippen LogP contribution in [0.3, 0.4) is 0 Å². The van der Waals surface area contributed by atoms with Crippen LogP contribution in [-0.4, -0.2) is 27.2 Å². The van der Waals surface area contributed by atoms with E-state index in [0.29, 0.717) is 12.8 Å². The highest BCUT2D eigenvalue weighted by Gasteiger charge is 2.29. The Labute approximate surface area is 96.4 Å². The van der Waals surface area contributed by atoms with E-state index in [2.05, 4.69) is 10.3 Å². The Bertz CT molecular complexity index is 420. The summed E-state index contributed by atoms with van der Waals surface area (Å²) >= 11 is 5.67. The summed E-state index contributed by atoms with van der Waals surface area (Å²) in [6, 6.07) is 2.72. The number of nitro groups is 1. The molecule has 1 heterocycles. The molecule has 2 rings (SSSR count). The van der Waals surface area contributed by atoms with Gasteiger partial charge in [-0.05, 0) is 18.9 Å². The van der Waals surface area contributed by atoms with Crippen LogP contribution in [0.1, 0.15) is 12.8 Å². The largest absolute Gasteiger partial charge is 0.393 e. The molecule has 1 aromatic rings. The van der Waals surface area contributed by atoms with Crippen LogP contribution in [0, 0.1) is 10.1 Å². The predicted octanol–water partition coefficient (Wildman–Crippen LogP) is 1.58. The van der Waals surface area contributed by atoms with E-state index in [0.717, 1.165) is 0 Å². The molecule has 0 aromatic carbocycles. The van der Waals surface area contributed by atoms with Gasteiger partial charge in [-0.25, -0.2) is 4.98 Å². The topological polar surface area (TPSA) is 88.3 Å². The molecule has 0 atom stereocenters. The van der Waals surface area contributed by atoms with Gasteiger partial charge in [0.2, 0.25) is 5.82 Å². The molecule has 0 bridgehead atoms. The number of pyridine rings is 1. The van der Waals surface area contributed by atoms with Crippen molar-refractivity contribution in [2.45, 2.75) is 25.0 Å². The zero-order valence-corrected chi connectivity index (χ0v) is 9.02. The van der Waals surface area contributed by atoms with Crippen molar-refractivity contribution < 1.29 is 10.0 Å². The first-order valence-corrected chi connectivity index (χ1v) is 5.19. The van der Waals surface area contributed by atoms with Gasteiger partial charge in [0.1, 0.15) is 5.15 Å². The number of hydrogen-bond donors (Lipinski definition) is 2. The second-order valence-electron chi connectivity index (χ2n) is 3.73. The van der Waals surface area contributed by atoms with Gasteiger partial charge in [0.25, 0.3) is 0 Å². The summed E-state index contributed by atoms with van der Waals surface area (Å²) < 4.78 is 0. The maximum atomic E-state index is 10.7. The van der Waals surface area contributed by atoms with Crippen molar-refractivity contribution in [3.05, 3.63) is 27.4 Å². The van der Waals surface area contributed by atoms with Crippen molar-refractivity contribution in [3.8, 4) is 0 Å². The number of anilines is 1. The lowest BCUT2D eigenvalue weighted by Gasteiger charge is -2.32. The molecule has 1 aliphatic rings. The Morgan fingerprint density at radius 3 is 2.81 bits per heavy atom. The van der Waals surface area contributed by atoms with Gasteiger partial charge in [-0.1, -0.05) is 11.6 Å². The Kier molecular flexibility index (Phi) is 2.93. The summed E-state index contributed by atoms with van der Waals surface area (Å²) in [5.41, 5.74) is -0.106. The van der Waals surface area contributed by atoms with Crippen molar-refractivity contribution in [3.63, 3.8) is 0 Å². The Hall–Kier alpha value is -1.40. The molecule has 6 nitrogen and oxygen atoms in total. The van der Waals surface area contributed by atoms with Crippen LogP contribution in [-0.2, 0) is 0 Å². The lowest BCUT2D eigenvalue weighted by atomic mass is 9.89. The van der Waals surface area contributed by atoms with Gasteiger partial charge in [0.05, 0.1) is 11.0 Å². The number of halogens is 1. The normalized spacial score (nSPS) is 23.6. The highest BCUT2D eigenvalue weighted by Crippen LogP contribution is 2.29. The highest BCUT2D eigenvalue weighted by molar-refractivity contribution is 6.29. The standard InChI is InChI=1S/C9H10ClN3O3/c10-8-2-1-7(13(15)16)9(12-8)11-5-3-6(14)4-5/h1-2,5-6,14H,3-4H2,(H,11,12). The van der Waals surface area contributed by atoms with E-state index in [4.69, 9.17) is 16.7 Å². The number of nitrogens with zero attached hydrogens (tertiary/aromatic N) is 2. The molecule has 0 saturated heterocycles. The van der Waals surface area contributed by atoms with Crippen molar-refractivity contribution >= 4 is 23.1 Å². The number of nitrogens with one attached hydrogen (secondary N) is 1. The fraction of sp³-hybridized carbons (Fsp3) is 0.444. The summed E-state index contributed by atoms with van der Waals surface area (Å²) in [4.78, 5) is 14.1. The van der Waals surface area contributed by atoms with Crippen molar-refractivity contribution in [2.24, 2.45) is 0 Å². The molecule has 1 fully saturated rings. The summed E-state index contributed by atoms with van der Waals surface area (Å²) in [6.07, 6.45) is 0.826. The summed E-state index contributed by atoms with van der Waals surface area (Å²) in [5, 5.41) is 22.9. The number of rotatable bonds is 3. The monoisotopic (exact) mass is 243 g/mol. The van der Waals surface area contributed by atoms with Crippen LogP contribution < -0.4 is 5.32 Å². The van der Waals surface area contributed by atoms with Crippen molar-refractivity contribution in [1.82, 2.24) is 4.98 Å². The average molecular weight is 244 g/mol. The molecule has 1 aromatic heterocycles.